The molecule has 5 heteroatoms. The van der Waals surface area contributed by atoms with E-state index in [-0.39, 0.29) is 36.6 Å². The van der Waals surface area contributed by atoms with Crippen molar-refractivity contribution in [3.63, 3.8) is 0 Å². The van der Waals surface area contributed by atoms with E-state index in [2.05, 4.69) is 5.32 Å². The quantitative estimate of drug-likeness (QED) is 0.716. The average molecular weight is 390 g/mol. The molecule has 1 N–H and O–H groups in total. The number of fused-ring (bicyclic) bond motifs is 1. The fraction of sp³-hybridized carbons (Fsp3) is 0.250. The second kappa shape index (κ2) is 8.43. The minimum atomic E-state index is -0.287. The highest BCUT2D eigenvalue weighted by Gasteiger charge is 2.29. The molecule has 148 valence electrons. The molecular formula is C24H23FN2O2. The lowest BCUT2D eigenvalue weighted by atomic mass is 10.0. The summed E-state index contributed by atoms with van der Waals surface area (Å²) in [6.07, 6.45) is 1.98. The monoisotopic (exact) mass is 390 g/mol. The Bertz CT molecular complexity index is 1030. The van der Waals surface area contributed by atoms with Crippen LogP contribution >= 0.6 is 0 Å². The van der Waals surface area contributed by atoms with Crippen molar-refractivity contribution in [2.75, 3.05) is 13.1 Å². The molecule has 0 saturated carbocycles. The number of amides is 2. The summed E-state index contributed by atoms with van der Waals surface area (Å²) in [7, 11) is 0. The van der Waals surface area contributed by atoms with Crippen LogP contribution in [-0.4, -0.2) is 29.8 Å². The minimum Gasteiger partial charge on any atom is -0.347 e. The van der Waals surface area contributed by atoms with E-state index in [0.717, 1.165) is 34.7 Å². The number of halogens is 1. The number of benzene rings is 3. The molecule has 0 radical (unpaired) electrons. The molecule has 3 aromatic rings. The number of hydrogen-bond acceptors (Lipinski definition) is 2. The van der Waals surface area contributed by atoms with Gasteiger partial charge in [-0.05, 0) is 46.9 Å². The molecule has 0 aromatic heterocycles. The van der Waals surface area contributed by atoms with E-state index in [1.165, 1.54) is 12.1 Å². The molecule has 0 aliphatic carbocycles. The topological polar surface area (TPSA) is 49.4 Å². The standard InChI is InChI=1S/C24H23FN2O2/c25-20-12-10-18(11-13-20)22-9-4-14-27(22)24(29)16-26-23(28)15-19-7-3-6-17-5-1-2-8-21(17)19/h1-3,5-8,10-13,22H,4,9,14-16H2,(H,26,28). The van der Waals surface area contributed by atoms with Gasteiger partial charge in [0.25, 0.3) is 0 Å². The maximum atomic E-state index is 13.2. The van der Waals surface area contributed by atoms with Crippen LogP contribution in [0, 0.1) is 5.82 Å². The number of carbonyl (C=O) groups is 2. The van der Waals surface area contributed by atoms with Gasteiger partial charge in [-0.3, -0.25) is 9.59 Å². The molecule has 2 amide bonds. The van der Waals surface area contributed by atoms with E-state index in [9.17, 15) is 14.0 Å². The normalized spacial score (nSPS) is 16.2. The highest BCUT2D eigenvalue weighted by molar-refractivity contribution is 5.91. The molecule has 1 fully saturated rings. The predicted octanol–water partition coefficient (Wildman–Crippen LogP) is 4.00. The third kappa shape index (κ3) is 4.29. The highest BCUT2D eigenvalue weighted by atomic mass is 19.1. The van der Waals surface area contributed by atoms with Crippen LogP contribution in [0.5, 0.6) is 0 Å². The molecule has 0 bridgehead atoms. The summed E-state index contributed by atoms with van der Waals surface area (Å²) in [5.74, 6) is -0.569. The van der Waals surface area contributed by atoms with Gasteiger partial charge in [0.05, 0.1) is 19.0 Å². The van der Waals surface area contributed by atoms with E-state index in [1.54, 1.807) is 17.0 Å². The van der Waals surface area contributed by atoms with Gasteiger partial charge in [0.15, 0.2) is 0 Å². The first kappa shape index (κ1) is 19.1. The molecule has 0 spiro atoms. The SMILES string of the molecule is O=C(Cc1cccc2ccccc12)NCC(=O)N1CCCC1c1ccc(F)cc1. The lowest BCUT2D eigenvalue weighted by Gasteiger charge is -2.25. The number of carbonyl (C=O) groups excluding carboxylic acids is 2. The summed E-state index contributed by atoms with van der Waals surface area (Å²) >= 11 is 0. The molecular weight excluding hydrogens is 367 g/mol. The second-order valence-corrected chi connectivity index (χ2v) is 7.39. The van der Waals surface area contributed by atoms with Crippen LogP contribution in [0.25, 0.3) is 10.8 Å². The summed E-state index contributed by atoms with van der Waals surface area (Å²) < 4.78 is 13.2. The van der Waals surface area contributed by atoms with Crippen LogP contribution in [0.1, 0.15) is 30.0 Å². The van der Waals surface area contributed by atoms with Gasteiger partial charge in [-0.25, -0.2) is 4.39 Å². The average Bonchev–Trinajstić information content (AvgIpc) is 3.23. The maximum absolute atomic E-state index is 13.2. The van der Waals surface area contributed by atoms with Crippen LogP contribution in [0.4, 0.5) is 4.39 Å². The van der Waals surface area contributed by atoms with Crippen LogP contribution in [-0.2, 0) is 16.0 Å². The second-order valence-electron chi connectivity index (χ2n) is 7.39. The van der Waals surface area contributed by atoms with Crippen molar-refractivity contribution in [3.05, 3.63) is 83.7 Å². The van der Waals surface area contributed by atoms with Gasteiger partial charge in [-0.1, -0.05) is 54.6 Å². The third-order valence-corrected chi connectivity index (χ3v) is 5.50. The predicted molar refractivity (Wildman–Crippen MR) is 111 cm³/mol. The van der Waals surface area contributed by atoms with Crippen molar-refractivity contribution in [2.24, 2.45) is 0 Å². The smallest absolute Gasteiger partial charge is 0.242 e. The fourth-order valence-corrected chi connectivity index (χ4v) is 4.05. The number of rotatable bonds is 5. The zero-order valence-electron chi connectivity index (χ0n) is 16.1. The maximum Gasteiger partial charge on any atom is 0.242 e. The summed E-state index contributed by atoms with van der Waals surface area (Å²) in [5.41, 5.74) is 1.87. The van der Waals surface area contributed by atoms with Gasteiger partial charge < -0.3 is 10.2 Å². The zero-order chi connectivity index (χ0) is 20.2. The van der Waals surface area contributed by atoms with E-state index >= 15 is 0 Å². The number of hydrogen-bond donors (Lipinski definition) is 1. The largest absolute Gasteiger partial charge is 0.347 e. The van der Waals surface area contributed by atoms with Crippen molar-refractivity contribution in [3.8, 4) is 0 Å². The fourth-order valence-electron chi connectivity index (χ4n) is 4.05. The first-order chi connectivity index (χ1) is 14.1. The van der Waals surface area contributed by atoms with E-state index in [0.29, 0.717) is 6.54 Å². The number of nitrogens with one attached hydrogen (secondary N) is 1. The van der Waals surface area contributed by atoms with Crippen molar-refractivity contribution >= 4 is 22.6 Å². The Kier molecular flexibility index (Phi) is 5.56. The first-order valence-corrected chi connectivity index (χ1v) is 9.90. The molecule has 1 unspecified atom stereocenters. The van der Waals surface area contributed by atoms with Crippen LogP contribution in [0.3, 0.4) is 0 Å². The molecule has 1 atom stereocenters. The Morgan fingerprint density at radius 1 is 1.00 bits per heavy atom. The van der Waals surface area contributed by atoms with Crippen molar-refractivity contribution in [2.45, 2.75) is 25.3 Å². The van der Waals surface area contributed by atoms with Crippen LogP contribution in [0.15, 0.2) is 66.7 Å². The van der Waals surface area contributed by atoms with Crippen LogP contribution in [0.2, 0.25) is 0 Å². The Hall–Kier alpha value is -3.21. The van der Waals surface area contributed by atoms with Gasteiger partial charge in [-0.15, -0.1) is 0 Å². The summed E-state index contributed by atoms with van der Waals surface area (Å²) in [6.45, 7) is 0.626. The van der Waals surface area contributed by atoms with Gasteiger partial charge >= 0.3 is 0 Å². The highest BCUT2D eigenvalue weighted by Crippen LogP contribution is 2.31. The summed E-state index contributed by atoms with van der Waals surface area (Å²) in [4.78, 5) is 26.9. The van der Waals surface area contributed by atoms with Gasteiger partial charge in [-0.2, -0.15) is 0 Å². The first-order valence-electron chi connectivity index (χ1n) is 9.90. The molecule has 1 heterocycles. The summed E-state index contributed by atoms with van der Waals surface area (Å²) in [6, 6.07) is 20.1. The van der Waals surface area contributed by atoms with Gasteiger partial charge in [0.1, 0.15) is 5.82 Å². The molecule has 1 aliphatic rings. The van der Waals surface area contributed by atoms with E-state index < -0.39 is 0 Å². The van der Waals surface area contributed by atoms with Crippen LogP contribution < -0.4 is 5.32 Å². The molecule has 29 heavy (non-hydrogen) atoms. The van der Waals surface area contributed by atoms with Crippen molar-refractivity contribution in [1.29, 1.82) is 0 Å². The van der Waals surface area contributed by atoms with Crippen molar-refractivity contribution < 1.29 is 14.0 Å². The third-order valence-electron chi connectivity index (χ3n) is 5.50. The molecule has 4 nitrogen and oxygen atoms in total. The minimum absolute atomic E-state index is 0.0265. The molecule has 1 aliphatic heterocycles. The van der Waals surface area contributed by atoms with Crippen molar-refractivity contribution in [1.82, 2.24) is 10.2 Å². The lowest BCUT2D eigenvalue weighted by Crippen LogP contribution is -2.40. The Labute approximate surface area is 169 Å². The molecule has 1 saturated heterocycles. The van der Waals surface area contributed by atoms with E-state index in [1.807, 2.05) is 42.5 Å². The number of likely N-dealkylation sites (tertiary alicyclic amines) is 1. The Morgan fingerprint density at radius 3 is 2.59 bits per heavy atom. The zero-order valence-corrected chi connectivity index (χ0v) is 16.1. The van der Waals surface area contributed by atoms with Gasteiger partial charge in [0.2, 0.25) is 11.8 Å². The number of nitrogens with zero attached hydrogens (tertiary/aromatic N) is 1. The Morgan fingerprint density at radius 2 is 1.76 bits per heavy atom. The summed E-state index contributed by atoms with van der Waals surface area (Å²) in [5, 5.41) is 4.90. The lowest BCUT2D eigenvalue weighted by molar-refractivity contribution is -0.133. The van der Waals surface area contributed by atoms with E-state index in [4.69, 9.17) is 0 Å². The molecule has 3 aromatic carbocycles. The molecule has 4 rings (SSSR count). The van der Waals surface area contributed by atoms with Gasteiger partial charge in [0, 0.05) is 6.54 Å². The Balaban J connectivity index is 1.37.